The number of hydrogen-bond donors (Lipinski definition) is 1. The first-order valence-electron chi connectivity index (χ1n) is 6.08. The van der Waals surface area contributed by atoms with Gasteiger partial charge in [-0.05, 0) is 6.42 Å². The molecule has 0 saturated carbocycles. The minimum atomic E-state index is -3.12. The van der Waals surface area contributed by atoms with Crippen LogP contribution in [0, 0.1) is 0 Å². The van der Waals surface area contributed by atoms with Gasteiger partial charge in [-0.3, -0.25) is 0 Å². The van der Waals surface area contributed by atoms with Gasteiger partial charge in [0, 0.05) is 39.6 Å². The lowest BCUT2D eigenvalue weighted by molar-refractivity contribution is 0.516. The van der Waals surface area contributed by atoms with Gasteiger partial charge in [0.25, 0.3) is 0 Å². The number of imidazole rings is 1. The zero-order valence-corrected chi connectivity index (χ0v) is 12.1. The average molecular weight is 274 g/mol. The Bertz CT molecular complexity index is 453. The van der Waals surface area contributed by atoms with E-state index in [4.69, 9.17) is 0 Å². The molecule has 1 aromatic heterocycles. The standard InChI is InChI=1S/C11H22N4O2S/c1-4-7-15-8-5-13-11(15)10-12-6-9-18(16,17)14(2)3/h5,8,12H,4,6-7,9-10H2,1-3H3. The van der Waals surface area contributed by atoms with Crippen LogP contribution in [-0.4, -0.2) is 48.7 Å². The molecule has 6 nitrogen and oxygen atoms in total. The first kappa shape index (κ1) is 15.1. The molecule has 1 rings (SSSR count). The fourth-order valence-electron chi connectivity index (χ4n) is 1.54. The molecule has 0 aliphatic carbocycles. The predicted octanol–water partition coefficient (Wildman–Crippen LogP) is 0.274. The fourth-order valence-corrected chi connectivity index (χ4v) is 2.30. The summed E-state index contributed by atoms with van der Waals surface area (Å²) in [4.78, 5) is 4.24. The summed E-state index contributed by atoms with van der Waals surface area (Å²) in [6.45, 7) is 4.07. The Kier molecular flexibility index (Phi) is 5.77. The van der Waals surface area contributed by atoms with Crippen molar-refractivity contribution in [1.29, 1.82) is 0 Å². The molecule has 0 radical (unpaired) electrons. The van der Waals surface area contributed by atoms with Crippen LogP contribution in [-0.2, 0) is 23.1 Å². The van der Waals surface area contributed by atoms with Crippen molar-refractivity contribution < 1.29 is 8.42 Å². The van der Waals surface area contributed by atoms with Crippen LogP contribution in [0.2, 0.25) is 0 Å². The van der Waals surface area contributed by atoms with Crippen LogP contribution in [0.5, 0.6) is 0 Å². The molecule has 1 heterocycles. The van der Waals surface area contributed by atoms with Crippen LogP contribution in [0.1, 0.15) is 19.2 Å². The molecule has 0 unspecified atom stereocenters. The Morgan fingerprint density at radius 1 is 1.44 bits per heavy atom. The summed E-state index contributed by atoms with van der Waals surface area (Å²) < 4.78 is 26.4. The zero-order valence-electron chi connectivity index (χ0n) is 11.3. The maximum absolute atomic E-state index is 11.5. The largest absolute Gasteiger partial charge is 0.334 e. The number of nitrogens with one attached hydrogen (secondary N) is 1. The van der Waals surface area contributed by atoms with Crippen molar-refractivity contribution in [2.75, 3.05) is 26.4 Å². The van der Waals surface area contributed by atoms with Crippen LogP contribution in [0.4, 0.5) is 0 Å². The summed E-state index contributed by atoms with van der Waals surface area (Å²) in [5.74, 6) is 1.05. The van der Waals surface area contributed by atoms with E-state index < -0.39 is 10.0 Å². The second kappa shape index (κ2) is 6.86. The first-order chi connectivity index (χ1) is 8.47. The van der Waals surface area contributed by atoms with Crippen molar-refractivity contribution in [3.05, 3.63) is 18.2 Å². The van der Waals surface area contributed by atoms with Gasteiger partial charge in [0.15, 0.2) is 0 Å². The molecule has 18 heavy (non-hydrogen) atoms. The zero-order chi connectivity index (χ0) is 13.6. The molecule has 7 heteroatoms. The van der Waals surface area contributed by atoms with Gasteiger partial charge >= 0.3 is 0 Å². The van der Waals surface area contributed by atoms with Crippen LogP contribution < -0.4 is 5.32 Å². The van der Waals surface area contributed by atoms with E-state index in [1.54, 1.807) is 20.3 Å². The molecule has 0 spiro atoms. The van der Waals surface area contributed by atoms with Gasteiger partial charge in [-0.1, -0.05) is 6.92 Å². The smallest absolute Gasteiger partial charge is 0.214 e. The number of sulfonamides is 1. The highest BCUT2D eigenvalue weighted by Crippen LogP contribution is 1.99. The van der Waals surface area contributed by atoms with E-state index in [2.05, 4.69) is 21.8 Å². The Balaban J connectivity index is 2.36. The monoisotopic (exact) mass is 274 g/mol. The summed E-state index contributed by atoms with van der Waals surface area (Å²) in [7, 11) is -0.0261. The number of hydrogen-bond acceptors (Lipinski definition) is 4. The summed E-state index contributed by atoms with van der Waals surface area (Å²) in [6.07, 6.45) is 4.76. The van der Waals surface area contributed by atoms with Crippen molar-refractivity contribution in [3.8, 4) is 0 Å². The minimum absolute atomic E-state index is 0.106. The summed E-state index contributed by atoms with van der Waals surface area (Å²) in [5, 5.41) is 3.11. The van der Waals surface area contributed by atoms with Gasteiger partial charge in [-0.15, -0.1) is 0 Å². The van der Waals surface area contributed by atoms with Crippen LogP contribution in [0.25, 0.3) is 0 Å². The summed E-state index contributed by atoms with van der Waals surface area (Å²) in [5.41, 5.74) is 0. The fraction of sp³-hybridized carbons (Fsp3) is 0.727. The lowest BCUT2D eigenvalue weighted by Gasteiger charge is -2.12. The first-order valence-corrected chi connectivity index (χ1v) is 7.69. The second-order valence-corrected chi connectivity index (χ2v) is 6.61. The molecule has 1 aromatic rings. The average Bonchev–Trinajstić information content (AvgIpc) is 2.72. The number of nitrogens with zero attached hydrogens (tertiary/aromatic N) is 3. The van der Waals surface area contributed by atoms with Crippen LogP contribution >= 0.6 is 0 Å². The van der Waals surface area contributed by atoms with Gasteiger partial charge in [0.05, 0.1) is 12.3 Å². The van der Waals surface area contributed by atoms with E-state index >= 15 is 0 Å². The Morgan fingerprint density at radius 2 is 2.17 bits per heavy atom. The van der Waals surface area contributed by atoms with Crippen molar-refractivity contribution in [3.63, 3.8) is 0 Å². The number of aromatic nitrogens is 2. The van der Waals surface area contributed by atoms with Gasteiger partial charge < -0.3 is 9.88 Å². The minimum Gasteiger partial charge on any atom is -0.334 e. The Morgan fingerprint density at radius 3 is 2.78 bits per heavy atom. The van der Waals surface area contributed by atoms with E-state index in [9.17, 15) is 8.42 Å². The third-order valence-corrected chi connectivity index (χ3v) is 4.48. The lowest BCUT2D eigenvalue weighted by atomic mass is 10.4. The molecule has 0 bridgehead atoms. The lowest BCUT2D eigenvalue weighted by Crippen LogP contribution is -2.31. The van der Waals surface area contributed by atoms with E-state index in [-0.39, 0.29) is 5.75 Å². The van der Waals surface area contributed by atoms with Gasteiger partial charge in [0.1, 0.15) is 5.82 Å². The van der Waals surface area contributed by atoms with Gasteiger partial charge in [0.2, 0.25) is 10.0 Å². The third-order valence-electron chi connectivity index (χ3n) is 2.64. The van der Waals surface area contributed by atoms with Gasteiger partial charge in [-0.2, -0.15) is 0 Å². The maximum Gasteiger partial charge on any atom is 0.214 e. The topological polar surface area (TPSA) is 67.2 Å². The van der Waals surface area contributed by atoms with E-state index in [1.165, 1.54) is 4.31 Å². The van der Waals surface area contributed by atoms with E-state index in [0.29, 0.717) is 13.1 Å². The Hall–Kier alpha value is -0.920. The number of rotatable bonds is 8. The molecule has 0 aliphatic heterocycles. The SMILES string of the molecule is CCCn1ccnc1CNCCS(=O)(=O)N(C)C. The molecule has 0 aliphatic rings. The molecular formula is C11H22N4O2S. The van der Waals surface area contributed by atoms with Crippen LogP contribution in [0.3, 0.4) is 0 Å². The van der Waals surface area contributed by atoms with Crippen molar-refractivity contribution in [2.24, 2.45) is 0 Å². The highest BCUT2D eigenvalue weighted by Gasteiger charge is 2.12. The molecule has 0 fully saturated rings. The molecule has 1 N–H and O–H groups in total. The Labute approximate surface area is 109 Å². The van der Waals surface area contributed by atoms with E-state index in [1.807, 2.05) is 6.20 Å². The normalized spacial score (nSPS) is 12.2. The molecular weight excluding hydrogens is 252 g/mol. The van der Waals surface area contributed by atoms with Crippen LogP contribution in [0.15, 0.2) is 12.4 Å². The molecule has 104 valence electrons. The second-order valence-electron chi connectivity index (χ2n) is 4.31. The number of aryl methyl sites for hydroxylation is 1. The molecule has 0 atom stereocenters. The highest BCUT2D eigenvalue weighted by molar-refractivity contribution is 7.89. The quantitative estimate of drug-likeness (QED) is 0.691. The van der Waals surface area contributed by atoms with E-state index in [0.717, 1.165) is 18.8 Å². The molecule has 0 saturated heterocycles. The van der Waals surface area contributed by atoms with Crippen molar-refractivity contribution in [1.82, 2.24) is 19.2 Å². The maximum atomic E-state index is 11.5. The molecule has 0 aromatic carbocycles. The summed E-state index contributed by atoms with van der Waals surface area (Å²) in [6, 6.07) is 0. The van der Waals surface area contributed by atoms with Gasteiger partial charge in [-0.25, -0.2) is 17.7 Å². The molecule has 0 amide bonds. The summed E-state index contributed by atoms with van der Waals surface area (Å²) >= 11 is 0. The van der Waals surface area contributed by atoms with Crippen molar-refractivity contribution >= 4 is 10.0 Å². The van der Waals surface area contributed by atoms with Crippen molar-refractivity contribution in [2.45, 2.75) is 26.4 Å². The predicted molar refractivity (Wildman–Crippen MR) is 71.7 cm³/mol. The third kappa shape index (κ3) is 4.40. The highest BCUT2D eigenvalue weighted by atomic mass is 32.2.